The second-order valence-corrected chi connectivity index (χ2v) is 11.7. The number of carbonyl (C=O) groups is 1. The summed E-state index contributed by atoms with van der Waals surface area (Å²) in [6, 6.07) is 10.6. The molecule has 0 spiro atoms. The number of nitrogens with two attached hydrogens (primary N) is 1. The minimum atomic E-state index is -3.88. The van der Waals surface area contributed by atoms with Gasteiger partial charge in [-0.15, -0.1) is 0 Å². The summed E-state index contributed by atoms with van der Waals surface area (Å²) in [5.74, 6) is -0.350. The highest BCUT2D eigenvalue weighted by Crippen LogP contribution is 2.61. The maximum atomic E-state index is 12.9. The molecule has 5 N–H and O–H groups in total. The van der Waals surface area contributed by atoms with Crippen LogP contribution in [0.25, 0.3) is 0 Å². The zero-order chi connectivity index (χ0) is 24.4. The molecule has 2 saturated carbocycles. The van der Waals surface area contributed by atoms with Crippen molar-refractivity contribution in [2.24, 2.45) is 22.4 Å². The van der Waals surface area contributed by atoms with Crippen LogP contribution in [-0.4, -0.2) is 48.0 Å². The zero-order valence-corrected chi connectivity index (χ0v) is 19.6. The van der Waals surface area contributed by atoms with E-state index in [0.717, 1.165) is 24.8 Å². The summed E-state index contributed by atoms with van der Waals surface area (Å²) in [7, 11) is -3.88. The molecule has 0 aliphatic heterocycles. The second-order valence-electron chi connectivity index (χ2n) is 10.1. The lowest BCUT2D eigenvalue weighted by atomic mass is 9.55. The Morgan fingerprint density at radius 3 is 2.47 bits per heavy atom. The molecular weight excluding hydrogens is 458 g/mol. The lowest BCUT2D eigenvalue weighted by Gasteiger charge is -2.50. The van der Waals surface area contributed by atoms with Crippen molar-refractivity contribution in [2.75, 3.05) is 0 Å². The molecule has 0 heterocycles. The number of phenolic OH excluding ortho intramolecular Hbond substituents is 1. The average Bonchev–Trinajstić information content (AvgIpc) is 2.98. The van der Waals surface area contributed by atoms with E-state index >= 15 is 0 Å². The van der Waals surface area contributed by atoms with Crippen molar-refractivity contribution in [1.29, 1.82) is 0 Å². The Labute approximate surface area is 198 Å². The fourth-order valence-corrected chi connectivity index (χ4v) is 7.29. The third-order valence-electron chi connectivity index (χ3n) is 8.34. The molecular formula is C25H29NO7S. The minimum absolute atomic E-state index is 0.114. The number of aliphatic hydroxyl groups is 2. The Hall–Kier alpha value is -2.46. The number of aromatic hydroxyl groups is 1. The molecule has 34 heavy (non-hydrogen) atoms. The summed E-state index contributed by atoms with van der Waals surface area (Å²) < 4.78 is 28.7. The summed E-state index contributed by atoms with van der Waals surface area (Å²) in [5, 5.41) is 37.0. The third kappa shape index (κ3) is 3.62. The van der Waals surface area contributed by atoms with Crippen molar-refractivity contribution in [3.05, 3.63) is 59.2 Å². The monoisotopic (exact) mass is 487 g/mol. The van der Waals surface area contributed by atoms with Crippen LogP contribution in [0.5, 0.6) is 5.75 Å². The summed E-state index contributed by atoms with van der Waals surface area (Å²) in [6.07, 6.45) is -0.0504. The van der Waals surface area contributed by atoms with E-state index in [0.29, 0.717) is 6.42 Å². The van der Waals surface area contributed by atoms with Crippen molar-refractivity contribution in [3.8, 4) is 5.75 Å². The number of fused-ring (bicyclic) bond motifs is 5. The molecule has 9 heteroatoms. The number of primary sulfonamides is 1. The Balaban J connectivity index is 1.40. The van der Waals surface area contributed by atoms with Crippen LogP contribution < -0.4 is 5.14 Å². The van der Waals surface area contributed by atoms with Gasteiger partial charge in [-0.1, -0.05) is 13.0 Å². The Morgan fingerprint density at radius 2 is 1.79 bits per heavy atom. The number of ether oxygens (including phenoxy) is 1. The van der Waals surface area contributed by atoms with Crippen LogP contribution in [0.1, 0.15) is 53.6 Å². The predicted octanol–water partition coefficient (Wildman–Crippen LogP) is 2.06. The molecule has 8 nitrogen and oxygen atoms in total. The Kier molecular flexibility index (Phi) is 5.51. The third-order valence-corrected chi connectivity index (χ3v) is 9.27. The standard InChI is InChI=1S/C25H29NO7S/c1-25-11-10-18-17-9-5-15(27)12-14(17)4-8-19(18)20(25)21(28)22(29)23(25)33-24(30)13-2-6-16(7-3-13)34(26,31)32/h2-3,5-7,9,12,18-23,27-29H,4,8,10-11H2,1H3,(H2,26,31,32)/t18?,19?,20?,21?,22-,23+,25+/m1/s1. The first-order valence-electron chi connectivity index (χ1n) is 11.5. The van der Waals surface area contributed by atoms with Crippen LogP contribution in [0.2, 0.25) is 0 Å². The number of benzene rings is 2. The molecule has 2 fully saturated rings. The van der Waals surface area contributed by atoms with E-state index in [1.807, 2.05) is 19.1 Å². The predicted molar refractivity (Wildman–Crippen MR) is 123 cm³/mol. The molecule has 0 bridgehead atoms. The topological polar surface area (TPSA) is 147 Å². The van der Waals surface area contributed by atoms with Gasteiger partial charge < -0.3 is 20.1 Å². The van der Waals surface area contributed by atoms with Crippen LogP contribution in [0.3, 0.4) is 0 Å². The highest BCUT2D eigenvalue weighted by Gasteiger charge is 2.64. The van der Waals surface area contributed by atoms with Crippen LogP contribution in [0.15, 0.2) is 47.4 Å². The van der Waals surface area contributed by atoms with Crippen molar-refractivity contribution in [1.82, 2.24) is 0 Å². The Morgan fingerprint density at radius 1 is 1.09 bits per heavy atom. The molecule has 2 aromatic rings. The zero-order valence-electron chi connectivity index (χ0n) is 18.8. The lowest BCUT2D eigenvalue weighted by molar-refractivity contribution is -0.0678. The number of rotatable bonds is 3. The van der Waals surface area contributed by atoms with E-state index in [2.05, 4.69) is 0 Å². The van der Waals surface area contributed by atoms with Crippen LogP contribution in [0, 0.1) is 17.3 Å². The van der Waals surface area contributed by atoms with Gasteiger partial charge in [-0.2, -0.15) is 0 Å². The Bertz CT molecular complexity index is 1230. The fraction of sp³-hybridized carbons (Fsp3) is 0.480. The van der Waals surface area contributed by atoms with Gasteiger partial charge in [0.25, 0.3) is 0 Å². The van der Waals surface area contributed by atoms with Crippen molar-refractivity contribution in [2.45, 2.75) is 61.7 Å². The van der Waals surface area contributed by atoms with Crippen molar-refractivity contribution in [3.63, 3.8) is 0 Å². The number of aryl methyl sites for hydroxylation is 1. The molecule has 3 aliphatic carbocycles. The highest BCUT2D eigenvalue weighted by atomic mass is 32.2. The summed E-state index contributed by atoms with van der Waals surface area (Å²) in [4.78, 5) is 12.8. The first-order valence-corrected chi connectivity index (χ1v) is 13.1. The largest absolute Gasteiger partial charge is 0.508 e. The van der Waals surface area contributed by atoms with Crippen LogP contribution in [-0.2, 0) is 21.2 Å². The van der Waals surface area contributed by atoms with E-state index in [1.54, 1.807) is 6.07 Å². The number of hydrogen-bond acceptors (Lipinski definition) is 7. The number of sulfonamides is 1. The maximum absolute atomic E-state index is 12.9. The van der Waals surface area contributed by atoms with Crippen LogP contribution in [0.4, 0.5) is 0 Å². The molecule has 5 rings (SSSR count). The first-order chi connectivity index (χ1) is 16.0. The number of aliphatic hydroxyl groups excluding tert-OH is 2. The van der Waals surface area contributed by atoms with Crippen molar-refractivity contribution < 1.29 is 33.3 Å². The van der Waals surface area contributed by atoms with E-state index in [-0.39, 0.29) is 34.0 Å². The summed E-state index contributed by atoms with van der Waals surface area (Å²) in [5.41, 5.74) is 1.85. The van der Waals surface area contributed by atoms with Crippen LogP contribution >= 0.6 is 0 Å². The fourth-order valence-electron chi connectivity index (χ4n) is 6.77. The van der Waals surface area contributed by atoms with Gasteiger partial charge in [0.05, 0.1) is 16.6 Å². The average molecular weight is 488 g/mol. The minimum Gasteiger partial charge on any atom is -0.508 e. The number of carbonyl (C=O) groups excluding carboxylic acids is 1. The molecule has 7 atom stereocenters. The molecule has 182 valence electrons. The van der Waals surface area contributed by atoms with Gasteiger partial charge in [-0.25, -0.2) is 18.4 Å². The highest BCUT2D eigenvalue weighted by molar-refractivity contribution is 7.89. The van der Waals surface area contributed by atoms with E-state index in [9.17, 15) is 28.5 Å². The number of hydrogen-bond donors (Lipinski definition) is 4. The molecule has 0 amide bonds. The SMILES string of the molecule is C[C@]12CCC3c4ccc(O)cc4CCC3C1C(O)[C@@H](O)[C@@H]2OC(=O)c1ccc(S(N)(=O)=O)cc1. The number of esters is 1. The van der Waals surface area contributed by atoms with Crippen molar-refractivity contribution >= 4 is 16.0 Å². The van der Waals surface area contributed by atoms with Gasteiger partial charge in [0, 0.05) is 5.41 Å². The molecule has 0 saturated heterocycles. The lowest BCUT2D eigenvalue weighted by Crippen LogP contribution is -2.47. The van der Waals surface area contributed by atoms with Gasteiger partial charge in [-0.3, -0.25) is 0 Å². The summed E-state index contributed by atoms with van der Waals surface area (Å²) in [6.45, 7) is 1.97. The molecule has 2 aromatic carbocycles. The molecule has 0 aromatic heterocycles. The van der Waals surface area contributed by atoms with Gasteiger partial charge in [-0.05, 0) is 91.0 Å². The van der Waals surface area contributed by atoms with Gasteiger partial charge in [0.2, 0.25) is 10.0 Å². The quantitative estimate of drug-likeness (QED) is 0.485. The second kappa shape index (κ2) is 8.05. The van der Waals surface area contributed by atoms with Gasteiger partial charge in [0.1, 0.15) is 18.0 Å². The first kappa shape index (κ1) is 23.3. The van der Waals surface area contributed by atoms with E-state index in [4.69, 9.17) is 9.88 Å². The van der Waals surface area contributed by atoms with Gasteiger partial charge in [0.15, 0.2) is 0 Å². The molecule has 3 aliphatic rings. The van der Waals surface area contributed by atoms with E-state index in [1.165, 1.54) is 29.8 Å². The normalized spacial score (nSPS) is 34.6. The number of phenols is 1. The smallest absolute Gasteiger partial charge is 0.338 e. The molecule has 0 radical (unpaired) electrons. The van der Waals surface area contributed by atoms with E-state index < -0.39 is 39.7 Å². The van der Waals surface area contributed by atoms with Gasteiger partial charge >= 0.3 is 5.97 Å². The molecule has 4 unspecified atom stereocenters. The maximum Gasteiger partial charge on any atom is 0.338 e. The summed E-state index contributed by atoms with van der Waals surface area (Å²) >= 11 is 0.